The summed E-state index contributed by atoms with van der Waals surface area (Å²) in [6.45, 7) is 0. The molecule has 0 bridgehead atoms. The molecule has 0 heterocycles. The molecule has 0 saturated carbocycles. The first-order valence-electron chi connectivity index (χ1n) is 0. The number of rotatable bonds is 0. The quantitative estimate of drug-likeness (QED) is 0.375. The molecule has 0 aliphatic rings. The SMILES string of the molecule is [Ca+2].[Ca+2].[OH-].[OH-]. The summed E-state index contributed by atoms with van der Waals surface area (Å²) in [7, 11) is 0. The maximum Gasteiger partial charge on any atom is 2.00 e. The van der Waals surface area contributed by atoms with E-state index in [2.05, 4.69) is 0 Å². The smallest absolute Gasteiger partial charge is 0.870 e. The van der Waals surface area contributed by atoms with Crippen molar-refractivity contribution in [3.63, 3.8) is 0 Å². The average molecular weight is 114 g/mol. The first-order valence-corrected chi connectivity index (χ1v) is 0. The van der Waals surface area contributed by atoms with Crippen LogP contribution in [0.3, 0.4) is 0 Å². The van der Waals surface area contributed by atoms with Crippen LogP contribution in [0.25, 0.3) is 0 Å². The Balaban J connectivity index is 0. The van der Waals surface area contributed by atoms with Gasteiger partial charge in [0.1, 0.15) is 0 Å². The zero-order valence-corrected chi connectivity index (χ0v) is 6.73. The molecule has 4 heteroatoms. The summed E-state index contributed by atoms with van der Waals surface area (Å²) < 4.78 is 0. The maximum atomic E-state index is 0. The van der Waals surface area contributed by atoms with E-state index in [1.165, 1.54) is 0 Å². The van der Waals surface area contributed by atoms with E-state index < -0.39 is 0 Å². The van der Waals surface area contributed by atoms with E-state index in [9.17, 15) is 0 Å². The van der Waals surface area contributed by atoms with Crippen LogP contribution in [0.2, 0.25) is 0 Å². The van der Waals surface area contributed by atoms with E-state index in [4.69, 9.17) is 0 Å². The van der Waals surface area contributed by atoms with Crippen molar-refractivity contribution in [2.75, 3.05) is 0 Å². The third kappa shape index (κ3) is 8.83. The third-order valence-electron chi connectivity index (χ3n) is 0. The normalized spacial score (nSPS) is 0. The van der Waals surface area contributed by atoms with Gasteiger partial charge in [-0.15, -0.1) is 0 Å². The van der Waals surface area contributed by atoms with Gasteiger partial charge in [0.05, 0.1) is 0 Å². The van der Waals surface area contributed by atoms with Gasteiger partial charge in [0.15, 0.2) is 0 Å². The van der Waals surface area contributed by atoms with Crippen molar-refractivity contribution in [2.45, 2.75) is 0 Å². The minimum absolute atomic E-state index is 0. The molecule has 0 aromatic heterocycles. The Bertz CT molecular complexity index is 4.00. The van der Waals surface area contributed by atoms with E-state index in [1.54, 1.807) is 0 Å². The summed E-state index contributed by atoms with van der Waals surface area (Å²) in [6, 6.07) is 0. The van der Waals surface area contributed by atoms with Gasteiger partial charge in [0.25, 0.3) is 0 Å². The summed E-state index contributed by atoms with van der Waals surface area (Å²) in [6.07, 6.45) is 0. The molecule has 0 aromatic carbocycles. The van der Waals surface area contributed by atoms with Crippen LogP contribution in [0.1, 0.15) is 0 Å². The summed E-state index contributed by atoms with van der Waals surface area (Å²) >= 11 is 0. The van der Waals surface area contributed by atoms with E-state index >= 15 is 0 Å². The molecule has 0 unspecified atom stereocenters. The Morgan fingerprint density at radius 2 is 0.500 bits per heavy atom. The molecule has 0 aromatic rings. The Morgan fingerprint density at radius 3 is 0.500 bits per heavy atom. The monoisotopic (exact) mass is 114 g/mol. The Kier molecular flexibility index (Phi) is 144. The Labute approximate surface area is 84.6 Å². The number of hydrogen-bond donors (Lipinski definition) is 0. The fourth-order valence-electron chi connectivity index (χ4n) is 0. The first kappa shape index (κ1) is 32.0. The second kappa shape index (κ2) is 18.0. The van der Waals surface area contributed by atoms with Gasteiger partial charge in [0, 0.05) is 0 Å². The van der Waals surface area contributed by atoms with Crippen LogP contribution in [0.4, 0.5) is 0 Å². The molecule has 0 aliphatic heterocycles. The largest absolute Gasteiger partial charge is 2.00 e. The summed E-state index contributed by atoms with van der Waals surface area (Å²) in [5, 5.41) is 0. The van der Waals surface area contributed by atoms with Gasteiger partial charge >= 0.3 is 75.5 Å². The minimum atomic E-state index is 0. The molecule has 2 nitrogen and oxygen atoms in total. The van der Waals surface area contributed by atoms with Crippen molar-refractivity contribution in [1.82, 2.24) is 0 Å². The second-order valence-electron chi connectivity index (χ2n) is 0. The first-order chi connectivity index (χ1) is 0. The number of hydrogen-bond acceptors (Lipinski definition) is 2. The molecule has 0 rings (SSSR count). The van der Waals surface area contributed by atoms with Crippen molar-refractivity contribution in [1.29, 1.82) is 0 Å². The molecule has 0 amide bonds. The predicted molar refractivity (Wildman–Crippen MR) is 15.4 cm³/mol. The van der Waals surface area contributed by atoms with E-state index in [1.807, 2.05) is 0 Å². The molecular formula is H2Ca2O2+2. The van der Waals surface area contributed by atoms with Crippen molar-refractivity contribution in [3.05, 3.63) is 0 Å². The van der Waals surface area contributed by atoms with Gasteiger partial charge < -0.3 is 11.0 Å². The van der Waals surface area contributed by atoms with Crippen molar-refractivity contribution in [2.24, 2.45) is 0 Å². The van der Waals surface area contributed by atoms with E-state index in [0.29, 0.717) is 0 Å². The maximum absolute atomic E-state index is 0. The molecule has 0 spiro atoms. The van der Waals surface area contributed by atoms with Crippen LogP contribution >= 0.6 is 0 Å². The van der Waals surface area contributed by atoms with E-state index in [-0.39, 0.29) is 86.4 Å². The fourth-order valence-corrected chi connectivity index (χ4v) is 0. The fraction of sp³-hybridized carbons (Fsp3) is 0. The average Bonchev–Trinajstić information content (AvgIpc) is 0. The molecular weight excluding hydrogens is 112 g/mol. The van der Waals surface area contributed by atoms with Crippen LogP contribution < -0.4 is 0 Å². The molecule has 0 fully saturated rings. The molecule has 0 radical (unpaired) electrons. The molecule has 4 heavy (non-hydrogen) atoms. The molecule has 0 atom stereocenters. The summed E-state index contributed by atoms with van der Waals surface area (Å²) in [5.41, 5.74) is 0. The molecule has 0 saturated heterocycles. The zero-order chi connectivity index (χ0) is 0. The molecule has 0 aliphatic carbocycles. The Hall–Kier alpha value is 2.44. The van der Waals surface area contributed by atoms with Crippen molar-refractivity contribution < 1.29 is 11.0 Å². The standard InChI is InChI=1S/2Ca.2H2O/h;;2*1H2/q2*+2;;/p-2. The topological polar surface area (TPSA) is 60.0 Å². The van der Waals surface area contributed by atoms with Crippen LogP contribution in [0, 0.1) is 0 Å². The van der Waals surface area contributed by atoms with Crippen LogP contribution in [-0.4, -0.2) is 86.4 Å². The van der Waals surface area contributed by atoms with Gasteiger partial charge in [-0.2, -0.15) is 0 Å². The minimum Gasteiger partial charge on any atom is -0.870 e. The van der Waals surface area contributed by atoms with E-state index in [0.717, 1.165) is 0 Å². The third-order valence-corrected chi connectivity index (χ3v) is 0. The second-order valence-corrected chi connectivity index (χ2v) is 0. The molecule has 2 N–H and O–H groups in total. The van der Waals surface area contributed by atoms with Gasteiger partial charge in [0.2, 0.25) is 0 Å². The van der Waals surface area contributed by atoms with Crippen LogP contribution in [-0.2, 0) is 0 Å². The van der Waals surface area contributed by atoms with Crippen molar-refractivity contribution in [3.8, 4) is 0 Å². The van der Waals surface area contributed by atoms with Gasteiger partial charge in [-0.05, 0) is 0 Å². The van der Waals surface area contributed by atoms with Gasteiger partial charge in [-0.1, -0.05) is 0 Å². The Morgan fingerprint density at radius 1 is 0.500 bits per heavy atom. The zero-order valence-electron chi connectivity index (χ0n) is 2.31. The predicted octanol–water partition coefficient (Wildman–Crippen LogP) is -1.12. The molecule has 16 valence electrons. The summed E-state index contributed by atoms with van der Waals surface area (Å²) in [5.74, 6) is 0. The van der Waals surface area contributed by atoms with Gasteiger partial charge in [-0.3, -0.25) is 0 Å². The van der Waals surface area contributed by atoms with Gasteiger partial charge in [-0.25, -0.2) is 0 Å². The summed E-state index contributed by atoms with van der Waals surface area (Å²) in [4.78, 5) is 0. The van der Waals surface area contributed by atoms with Crippen molar-refractivity contribution >= 4 is 75.5 Å². The van der Waals surface area contributed by atoms with Crippen LogP contribution in [0.15, 0.2) is 0 Å². The van der Waals surface area contributed by atoms with Crippen LogP contribution in [0.5, 0.6) is 0 Å².